The highest BCUT2D eigenvalue weighted by atomic mass is 14.1. The van der Waals surface area contributed by atoms with Gasteiger partial charge in [0.05, 0.1) is 0 Å². The number of hydrogen-bond acceptors (Lipinski definition) is 0. The highest BCUT2D eigenvalue weighted by Crippen LogP contribution is 2.25. The second-order valence-electron chi connectivity index (χ2n) is 11.2. The lowest BCUT2D eigenvalue weighted by Crippen LogP contribution is -1.81. The van der Waals surface area contributed by atoms with E-state index in [2.05, 4.69) is 187 Å². The quantitative estimate of drug-likeness (QED) is 0.207. The van der Waals surface area contributed by atoms with Crippen LogP contribution in [0.5, 0.6) is 0 Å². The summed E-state index contributed by atoms with van der Waals surface area (Å²) in [6, 6.07) is 51.8. The zero-order chi connectivity index (χ0) is 29.9. The Morgan fingerprint density at radius 3 is 0.405 bits per heavy atom. The molecule has 0 bridgehead atoms. The van der Waals surface area contributed by atoms with Crippen molar-refractivity contribution in [2.45, 2.75) is 41.5 Å². The van der Waals surface area contributed by atoms with Gasteiger partial charge in [0, 0.05) is 0 Å². The molecule has 0 aromatic heterocycles. The Morgan fingerprint density at radius 1 is 0.167 bits per heavy atom. The van der Waals surface area contributed by atoms with Gasteiger partial charge in [-0.05, 0) is 74.9 Å². The minimum atomic E-state index is 1.26. The maximum atomic E-state index is 2.19. The monoisotopic (exact) mass is 546 g/mol. The van der Waals surface area contributed by atoms with E-state index in [1.807, 2.05) is 0 Å². The van der Waals surface area contributed by atoms with Crippen LogP contribution in [0.1, 0.15) is 33.4 Å². The molecule has 6 aromatic rings. The van der Waals surface area contributed by atoms with Crippen molar-refractivity contribution >= 4 is 0 Å². The Balaban J connectivity index is 0.000000159. The molecule has 0 aliphatic carbocycles. The van der Waals surface area contributed by atoms with Crippen LogP contribution < -0.4 is 0 Å². The van der Waals surface area contributed by atoms with Gasteiger partial charge in [-0.15, -0.1) is 0 Å². The second-order valence-corrected chi connectivity index (χ2v) is 11.2. The molecule has 0 unspecified atom stereocenters. The third-order valence-electron chi connectivity index (χ3n) is 7.31. The van der Waals surface area contributed by atoms with Crippen molar-refractivity contribution < 1.29 is 0 Å². The Kier molecular flexibility index (Phi) is 10.7. The Morgan fingerprint density at radius 2 is 0.262 bits per heavy atom. The second kappa shape index (κ2) is 14.8. The smallest absolute Gasteiger partial charge is 0.0184 e. The van der Waals surface area contributed by atoms with Gasteiger partial charge in [-0.1, -0.05) is 179 Å². The van der Waals surface area contributed by atoms with Gasteiger partial charge in [-0.25, -0.2) is 0 Å². The fourth-order valence-corrected chi connectivity index (χ4v) is 4.48. The summed E-state index contributed by atoms with van der Waals surface area (Å²) in [7, 11) is 0. The maximum absolute atomic E-state index is 2.19. The van der Waals surface area contributed by atoms with E-state index >= 15 is 0 Å². The van der Waals surface area contributed by atoms with Crippen LogP contribution in [0.15, 0.2) is 146 Å². The standard InChI is InChI=1S/C20H18.C14H14.C8H10/c1-15-3-7-17(8-4-15)19-11-13-20(14-12-19)18-9-5-16(2)6-10-18;1-11-3-7-13(8-4-11)14-9-5-12(2)6-10-14;1-7-3-5-8(2)6-4-7/h3-14H,1-2H3;3-10H,1-2H3;3-6H,1-2H3. The lowest BCUT2D eigenvalue weighted by atomic mass is 9.99. The molecule has 6 aromatic carbocycles. The van der Waals surface area contributed by atoms with E-state index in [1.54, 1.807) is 0 Å². The van der Waals surface area contributed by atoms with Gasteiger partial charge < -0.3 is 0 Å². The van der Waals surface area contributed by atoms with Crippen molar-refractivity contribution in [3.63, 3.8) is 0 Å². The van der Waals surface area contributed by atoms with Crippen LogP contribution >= 0.6 is 0 Å². The zero-order valence-corrected chi connectivity index (χ0v) is 25.9. The molecule has 0 fully saturated rings. The topological polar surface area (TPSA) is 0 Å². The summed E-state index contributed by atoms with van der Waals surface area (Å²) in [4.78, 5) is 0. The molecule has 0 aliphatic rings. The van der Waals surface area contributed by atoms with Gasteiger partial charge >= 0.3 is 0 Å². The Bertz CT molecular complexity index is 1510. The summed E-state index contributed by atoms with van der Waals surface area (Å²) in [5.41, 5.74) is 15.5. The predicted molar refractivity (Wildman–Crippen MR) is 184 cm³/mol. The molecule has 0 aliphatic heterocycles. The largest absolute Gasteiger partial charge is 0.0591 e. The van der Waals surface area contributed by atoms with Crippen LogP contribution in [0.2, 0.25) is 0 Å². The molecule has 0 spiro atoms. The molecule has 6 rings (SSSR count). The summed E-state index contributed by atoms with van der Waals surface area (Å²) < 4.78 is 0. The van der Waals surface area contributed by atoms with Gasteiger partial charge in [0.1, 0.15) is 0 Å². The molecule has 210 valence electrons. The van der Waals surface area contributed by atoms with Crippen LogP contribution in [0.4, 0.5) is 0 Å². The van der Waals surface area contributed by atoms with E-state index in [1.165, 1.54) is 66.8 Å². The molecule has 0 nitrogen and oxygen atoms in total. The Hall–Kier alpha value is -4.68. The van der Waals surface area contributed by atoms with E-state index in [-0.39, 0.29) is 0 Å². The lowest BCUT2D eigenvalue weighted by Gasteiger charge is -2.06. The average Bonchev–Trinajstić information content (AvgIpc) is 3.01. The molecule has 0 heteroatoms. The van der Waals surface area contributed by atoms with Crippen LogP contribution in [0.25, 0.3) is 33.4 Å². The fraction of sp³-hybridized carbons (Fsp3) is 0.143. The normalized spacial score (nSPS) is 10.1. The lowest BCUT2D eigenvalue weighted by molar-refractivity contribution is 1.40. The van der Waals surface area contributed by atoms with Gasteiger partial charge in [0.25, 0.3) is 0 Å². The molecular formula is C42H42. The van der Waals surface area contributed by atoms with Crippen LogP contribution in [-0.4, -0.2) is 0 Å². The minimum Gasteiger partial charge on any atom is -0.0591 e. The summed E-state index contributed by atoms with van der Waals surface area (Å²) >= 11 is 0. The molecule has 42 heavy (non-hydrogen) atoms. The zero-order valence-electron chi connectivity index (χ0n) is 25.9. The molecule has 0 N–H and O–H groups in total. The van der Waals surface area contributed by atoms with Crippen LogP contribution in [-0.2, 0) is 0 Å². The summed E-state index contributed by atoms with van der Waals surface area (Å²) in [6.45, 7) is 12.6. The molecular weight excluding hydrogens is 504 g/mol. The maximum Gasteiger partial charge on any atom is -0.0184 e. The first-order chi connectivity index (χ1) is 20.3. The minimum absolute atomic E-state index is 1.26. The van der Waals surface area contributed by atoms with Gasteiger partial charge in [0.2, 0.25) is 0 Å². The van der Waals surface area contributed by atoms with E-state index in [9.17, 15) is 0 Å². The van der Waals surface area contributed by atoms with Crippen molar-refractivity contribution in [3.8, 4) is 33.4 Å². The summed E-state index contributed by atoms with van der Waals surface area (Å²) in [5, 5.41) is 0. The number of rotatable bonds is 3. The number of aryl methyl sites for hydroxylation is 6. The first-order valence-corrected chi connectivity index (χ1v) is 14.7. The SMILES string of the molecule is Cc1ccc(-c2ccc(-c3ccc(C)cc3)cc2)cc1.Cc1ccc(-c2ccc(C)cc2)cc1.Cc1ccc(C)cc1. The Labute approximate surface area is 253 Å². The summed E-state index contributed by atoms with van der Waals surface area (Å²) in [5.74, 6) is 0. The third kappa shape index (κ3) is 9.18. The van der Waals surface area contributed by atoms with Crippen molar-refractivity contribution in [2.24, 2.45) is 0 Å². The molecule has 0 saturated carbocycles. The average molecular weight is 547 g/mol. The van der Waals surface area contributed by atoms with Crippen LogP contribution in [0, 0.1) is 41.5 Å². The van der Waals surface area contributed by atoms with E-state index in [4.69, 9.17) is 0 Å². The van der Waals surface area contributed by atoms with E-state index in [0.717, 1.165) is 0 Å². The predicted octanol–water partition coefficient (Wildman–Crippen LogP) is 11.9. The van der Waals surface area contributed by atoms with Gasteiger partial charge in [-0.3, -0.25) is 0 Å². The van der Waals surface area contributed by atoms with Crippen molar-refractivity contribution in [2.75, 3.05) is 0 Å². The highest BCUT2D eigenvalue weighted by Gasteiger charge is 2.00. The van der Waals surface area contributed by atoms with Gasteiger partial charge in [-0.2, -0.15) is 0 Å². The van der Waals surface area contributed by atoms with Crippen molar-refractivity contribution in [1.82, 2.24) is 0 Å². The van der Waals surface area contributed by atoms with Crippen LogP contribution in [0.3, 0.4) is 0 Å². The van der Waals surface area contributed by atoms with Crippen molar-refractivity contribution in [3.05, 3.63) is 179 Å². The summed E-state index contributed by atoms with van der Waals surface area (Å²) in [6.07, 6.45) is 0. The number of benzene rings is 6. The molecule has 0 atom stereocenters. The third-order valence-corrected chi connectivity index (χ3v) is 7.31. The molecule has 0 radical (unpaired) electrons. The fourth-order valence-electron chi connectivity index (χ4n) is 4.48. The van der Waals surface area contributed by atoms with E-state index in [0.29, 0.717) is 0 Å². The molecule has 0 saturated heterocycles. The highest BCUT2D eigenvalue weighted by molar-refractivity contribution is 5.70. The first-order valence-electron chi connectivity index (χ1n) is 14.7. The van der Waals surface area contributed by atoms with Crippen molar-refractivity contribution in [1.29, 1.82) is 0 Å². The van der Waals surface area contributed by atoms with E-state index < -0.39 is 0 Å². The number of hydrogen-bond donors (Lipinski definition) is 0. The first kappa shape index (κ1) is 30.3. The molecule has 0 heterocycles. The molecule has 0 amide bonds. The van der Waals surface area contributed by atoms with Gasteiger partial charge in [0.15, 0.2) is 0 Å².